The number of imidazole rings is 2. The van der Waals surface area contributed by atoms with Gasteiger partial charge < -0.3 is 119 Å². The number of rotatable bonds is 46. The Labute approximate surface area is 761 Å². The number of carbonyl (C=O) groups excluding carboxylic acids is 4. The molecule has 0 aliphatic carbocycles. The van der Waals surface area contributed by atoms with Crippen LogP contribution >= 0.6 is 31.3 Å². The molecule has 16 N–H and O–H groups in total. The number of carbonyl (C=O) groups is 4. The number of amides is 4. The standard InChI is InChI=1S/2C38H49N9O17P2S/c1-2-46(26-9-8-25-19-27(37(50)62-28(25)20-26)24-10-16-45(17-11-24)14-6-18-67(57,58)59)15-5-3-4-7-30(48)40-12-13-41-38(51)63-33-29(21-60-66(55,56)64-65(52,53)54)61-36(32(33)49)47-23-44-31-34(39)42-22-43-35(31)47;1-2-46(26-9-8-25-19-27(37(50)62-28(25)20-26)24-10-16-45(17-11-24)14-6-18-67(57,58)59)15-5-3-4-7-30(48)40-12-13-41-38(51)63-33-32(49)29(21-60-66(55,56)64-65(52,53)54)61-36(33)47-23-44-31-34(39)42-22-43-35(31)47/h2*8-11,16-17,19-20,22-23,29,32-33,36,49H,2-7,12-15,18,21H2,1H3,(H7-,39,40,41,42,43,48,51,52,53,54,55,56,57,58,59)/t2*29-,32-,33-,36-/m11/s1. The van der Waals surface area contributed by atoms with Crippen molar-refractivity contribution in [1.82, 2.24) is 60.3 Å². The summed E-state index contributed by atoms with van der Waals surface area (Å²) in [5.74, 6) is -1.43. The van der Waals surface area contributed by atoms with Crippen LogP contribution in [-0.2, 0) is 97.8 Å². The first-order valence-electron chi connectivity index (χ1n) is 41.4. The molecule has 0 spiro atoms. The summed E-state index contributed by atoms with van der Waals surface area (Å²) in [6, 6.07) is 21.6. The number of anilines is 4. The number of aromatic nitrogens is 10. The van der Waals surface area contributed by atoms with E-state index >= 15 is 0 Å². The van der Waals surface area contributed by atoms with E-state index in [9.17, 15) is 93.0 Å². The van der Waals surface area contributed by atoms with E-state index in [1.54, 1.807) is 82.5 Å². The molecule has 2 aliphatic heterocycles. The molecule has 10 aromatic rings. The summed E-state index contributed by atoms with van der Waals surface area (Å²) in [7, 11) is -30.2. The van der Waals surface area contributed by atoms with Gasteiger partial charge in [-0.25, -0.2) is 93.3 Å². The minimum atomic E-state index is -5.47. The van der Waals surface area contributed by atoms with Gasteiger partial charge in [0.15, 0.2) is 72.4 Å². The van der Waals surface area contributed by atoms with E-state index in [0.29, 0.717) is 85.5 Å². The summed E-state index contributed by atoms with van der Waals surface area (Å²) in [5, 5.41) is 34.0. The molecule has 0 saturated carbocycles. The highest BCUT2D eigenvalue weighted by Gasteiger charge is 2.51. The van der Waals surface area contributed by atoms with Gasteiger partial charge in [0, 0.05) is 159 Å². The van der Waals surface area contributed by atoms with Crippen LogP contribution in [0.15, 0.2) is 141 Å². The number of phosphoric acid groups is 4. The van der Waals surface area contributed by atoms with Gasteiger partial charge in [0.1, 0.15) is 72.4 Å². The minimum Gasteiger partial charge on any atom is -0.748 e. The molecule has 2 unspecified atom stereocenters. The highest BCUT2D eigenvalue weighted by molar-refractivity contribution is 7.85. The number of aliphatic hydroxyl groups is 2. The van der Waals surface area contributed by atoms with Crippen molar-refractivity contribution in [2.24, 2.45) is 0 Å². The van der Waals surface area contributed by atoms with Gasteiger partial charge in [-0.15, -0.1) is 0 Å². The number of alkyl carbamates (subject to hydrolysis) is 2. The minimum absolute atomic E-state index is 0.00306. The fourth-order valence-corrected chi connectivity index (χ4v) is 18.5. The summed E-state index contributed by atoms with van der Waals surface area (Å²) >= 11 is 0. The molecule has 134 heavy (non-hydrogen) atoms. The number of nitrogens with two attached hydrogens (primary N) is 2. The third-order valence-electron chi connectivity index (χ3n) is 20.7. The Morgan fingerprint density at radius 3 is 1.34 bits per heavy atom. The fraction of sp³-hybridized carbons (Fsp3) is 0.447. The van der Waals surface area contributed by atoms with Crippen LogP contribution in [0.4, 0.5) is 32.6 Å². The average Bonchev–Trinajstić information content (AvgIpc) is 1.60. The van der Waals surface area contributed by atoms with Crippen molar-refractivity contribution in [3.63, 3.8) is 0 Å². The SMILES string of the molecule is CCN(CCCCCC(=O)NCCNC(=O)O[C@@H]1[C@H](O)[C@@H](COP(=O)(O)OP(=O)(O)O)O[C@H]1n1cnc2c(N)ncnc21)c1ccc2cc(-c3cc[n+](CCCS(=O)(=O)[O-])cc3)c(=O)oc2c1.CCN(CCCCCC(=O)NCCNC(=O)O[C@H]1[C@@H](O)[C@H](n2cnc3c(N)ncnc32)O[C@@H]1COP(=O)(O)OP(=O)(O)O)c1ccc2cc(-c3cc[n+](CCCS(=O)(=O)[O-])cc3)c(=O)oc2c1. The molecule has 2 aromatic carbocycles. The van der Waals surface area contributed by atoms with Crippen LogP contribution in [0.2, 0.25) is 0 Å². The molecular formula is C76H98N18O34P4S2. The van der Waals surface area contributed by atoms with Gasteiger partial charge in [0.2, 0.25) is 11.8 Å². The molecule has 58 heteroatoms. The third-order valence-corrected chi connectivity index (χ3v) is 26.6. The summed E-state index contributed by atoms with van der Waals surface area (Å²) in [6.45, 7) is 5.29. The van der Waals surface area contributed by atoms with Gasteiger partial charge >= 0.3 is 54.7 Å². The van der Waals surface area contributed by atoms with Crippen molar-refractivity contribution in [2.75, 3.05) is 98.3 Å². The number of ether oxygens (including phenoxy) is 4. The van der Waals surface area contributed by atoms with E-state index in [1.165, 1.54) is 21.8 Å². The Hall–Kier alpha value is -10.9. The zero-order valence-electron chi connectivity index (χ0n) is 71.5. The number of nitrogen functional groups attached to an aromatic ring is 2. The lowest BCUT2D eigenvalue weighted by Gasteiger charge is -2.23. The second kappa shape index (κ2) is 46.1. The maximum Gasteiger partial charge on any atom is 0.481 e. The Kier molecular flexibility index (Phi) is 35.7. The predicted molar refractivity (Wildman–Crippen MR) is 467 cm³/mol. The van der Waals surface area contributed by atoms with Crippen molar-refractivity contribution in [2.45, 2.75) is 140 Å². The number of hydrogen-bond acceptors (Lipinski definition) is 38. The van der Waals surface area contributed by atoms with Gasteiger partial charge in [-0.2, -0.15) is 8.62 Å². The topological polar surface area (TPSA) is 749 Å². The van der Waals surface area contributed by atoms with Gasteiger partial charge in [0.25, 0.3) is 0 Å². The Balaban J connectivity index is 0.000000258. The smallest absolute Gasteiger partial charge is 0.481 e. The van der Waals surface area contributed by atoms with Crippen LogP contribution < -0.4 is 62.9 Å². The Morgan fingerprint density at radius 2 is 0.918 bits per heavy atom. The van der Waals surface area contributed by atoms with E-state index in [1.807, 2.05) is 38.1 Å². The molecule has 8 aromatic heterocycles. The largest absolute Gasteiger partial charge is 0.748 e. The number of nitrogens with zero attached hydrogens (tertiary/aromatic N) is 12. The van der Waals surface area contributed by atoms with Crippen molar-refractivity contribution in [1.29, 1.82) is 0 Å². The number of pyridine rings is 2. The molecule has 728 valence electrons. The summed E-state index contributed by atoms with van der Waals surface area (Å²) in [6.07, 6.45) is 1.91. The van der Waals surface area contributed by atoms with Gasteiger partial charge in [0.05, 0.1) is 57.2 Å². The number of fused-ring (bicyclic) bond motifs is 4. The quantitative estimate of drug-likeness (QED) is 0.00856. The number of aryl methyl sites for hydroxylation is 2. The molecule has 10 atom stereocenters. The zero-order valence-corrected chi connectivity index (χ0v) is 76.7. The molecule has 2 aliphatic rings. The second-order valence-corrected chi connectivity index (χ2v) is 39.0. The zero-order chi connectivity index (χ0) is 97.0. The molecule has 0 radical (unpaired) electrons. The molecule has 12 rings (SSSR count). The molecule has 2 fully saturated rings. The number of benzene rings is 2. The highest BCUT2D eigenvalue weighted by atomic mass is 32.2. The van der Waals surface area contributed by atoms with Gasteiger partial charge in [-0.1, -0.05) is 12.8 Å². The van der Waals surface area contributed by atoms with Crippen LogP contribution in [0.1, 0.15) is 90.5 Å². The number of aliphatic hydroxyl groups excluding tert-OH is 2. The van der Waals surface area contributed by atoms with Crippen molar-refractivity contribution in [3.05, 3.63) is 144 Å². The molecular weight excluding hydrogens is 1900 g/mol. The lowest BCUT2D eigenvalue weighted by atomic mass is 10.1. The second-order valence-electron chi connectivity index (χ2n) is 30.2. The third kappa shape index (κ3) is 30.1. The van der Waals surface area contributed by atoms with Crippen molar-refractivity contribution in [3.8, 4) is 22.3 Å². The summed E-state index contributed by atoms with van der Waals surface area (Å²) < 4.78 is 168. The van der Waals surface area contributed by atoms with Crippen LogP contribution in [0.25, 0.3) is 66.5 Å². The van der Waals surface area contributed by atoms with Gasteiger partial charge in [-0.3, -0.25) is 27.8 Å². The molecule has 4 amide bonds. The Bertz CT molecular complexity index is 6380. The predicted octanol–water partition coefficient (Wildman–Crippen LogP) is 2.37. The maximum absolute atomic E-state index is 13.0. The Morgan fingerprint density at radius 1 is 0.515 bits per heavy atom. The van der Waals surface area contributed by atoms with E-state index in [0.717, 1.165) is 60.5 Å². The number of phosphoric ester groups is 2. The first kappa shape index (κ1) is 104. The number of unbranched alkanes of at least 4 members (excludes halogenated alkanes) is 4. The number of nitrogens with one attached hydrogen (secondary N) is 4. The fourth-order valence-electron chi connectivity index (χ4n) is 14.3. The lowest BCUT2D eigenvalue weighted by molar-refractivity contribution is -0.696. The van der Waals surface area contributed by atoms with Crippen LogP contribution in [-0.4, -0.2) is 242 Å². The van der Waals surface area contributed by atoms with Crippen LogP contribution in [0.3, 0.4) is 0 Å². The van der Waals surface area contributed by atoms with Crippen molar-refractivity contribution >= 4 is 143 Å². The van der Waals surface area contributed by atoms with E-state index in [4.69, 9.17) is 58.8 Å². The van der Waals surface area contributed by atoms with Crippen LogP contribution in [0, 0.1) is 0 Å². The van der Waals surface area contributed by atoms with Crippen LogP contribution in [0.5, 0.6) is 0 Å². The first-order chi connectivity index (χ1) is 63.4. The average molecular weight is 2000 g/mol. The van der Waals surface area contributed by atoms with Gasteiger partial charge in [-0.05, 0) is 75.9 Å². The van der Waals surface area contributed by atoms with E-state index in [2.05, 4.69) is 78.6 Å². The summed E-state index contributed by atoms with van der Waals surface area (Å²) in [4.78, 5) is 160. The maximum atomic E-state index is 13.0. The normalized spacial score (nSPS) is 18.5. The summed E-state index contributed by atoms with van der Waals surface area (Å²) in [5.41, 5.74) is 15.7. The number of hydrogen-bond donors (Lipinski definition) is 14. The molecule has 52 nitrogen and oxygen atoms in total. The lowest BCUT2D eigenvalue weighted by Crippen LogP contribution is -2.42. The molecule has 10 heterocycles. The first-order valence-corrected chi connectivity index (χ1v) is 50.6. The molecule has 0 bridgehead atoms. The monoisotopic (exact) mass is 1990 g/mol. The molecule has 2 saturated heterocycles. The van der Waals surface area contributed by atoms with E-state index in [-0.39, 0.29) is 97.6 Å². The highest BCUT2D eigenvalue weighted by Crippen LogP contribution is 2.59. The van der Waals surface area contributed by atoms with Crippen molar-refractivity contribution < 1.29 is 158 Å². The van der Waals surface area contributed by atoms with E-state index < -0.39 is 149 Å².